The molecular weight excluding hydrogens is 380 g/mol. The van der Waals surface area contributed by atoms with Gasteiger partial charge in [-0.2, -0.15) is 0 Å². The fraction of sp³-hybridized carbons (Fsp3) is 0.235. The van der Waals surface area contributed by atoms with Crippen molar-refractivity contribution in [2.24, 2.45) is 0 Å². The zero-order valence-electron chi connectivity index (χ0n) is 12.9. The number of hydrogen-bond acceptors (Lipinski definition) is 5. The van der Waals surface area contributed by atoms with Crippen LogP contribution in [0, 0.1) is 0 Å². The molecule has 0 radical (unpaired) electrons. The Morgan fingerprint density at radius 2 is 1.87 bits per heavy atom. The highest BCUT2D eigenvalue weighted by molar-refractivity contribution is 9.10. The second kappa shape index (κ2) is 8.96. The summed E-state index contributed by atoms with van der Waals surface area (Å²) in [5, 5.41) is 0. The first-order chi connectivity index (χ1) is 11.2. The minimum atomic E-state index is -0.430. The normalized spacial score (nSPS) is 10.4. The number of halogens is 1. The first-order valence-corrected chi connectivity index (χ1v) is 8.64. The molecule has 0 saturated heterocycles. The number of carbonyl (C=O) groups excluding carboxylic acids is 1. The van der Waals surface area contributed by atoms with Crippen LogP contribution in [0.5, 0.6) is 5.75 Å². The van der Waals surface area contributed by atoms with Gasteiger partial charge in [0, 0.05) is 22.2 Å². The van der Waals surface area contributed by atoms with Gasteiger partial charge in [0.1, 0.15) is 11.3 Å². The first kappa shape index (κ1) is 17.8. The van der Waals surface area contributed by atoms with Gasteiger partial charge in [-0.1, -0.05) is 34.1 Å². The Hall–Kier alpha value is -1.50. The Kier molecular flexibility index (Phi) is 6.95. The van der Waals surface area contributed by atoms with Gasteiger partial charge in [0.05, 0.1) is 7.11 Å². The van der Waals surface area contributed by atoms with Crippen LogP contribution >= 0.6 is 27.7 Å². The molecule has 0 spiro atoms. The van der Waals surface area contributed by atoms with Crippen LogP contribution in [0.25, 0.3) is 0 Å². The van der Waals surface area contributed by atoms with Crippen LogP contribution in [0.1, 0.15) is 15.9 Å². The second-order valence-electron chi connectivity index (χ2n) is 4.54. The summed E-state index contributed by atoms with van der Waals surface area (Å²) in [6, 6.07) is 13.6. The summed E-state index contributed by atoms with van der Waals surface area (Å²) in [7, 11) is 2.89. The van der Waals surface area contributed by atoms with Crippen molar-refractivity contribution in [2.75, 3.05) is 21.0 Å². The Labute approximate surface area is 148 Å². The molecule has 0 heterocycles. The number of benzene rings is 2. The SMILES string of the molecule is COCOc1ccc(Br)c(CSc2ccccc2)c1C(=O)OC. The van der Waals surface area contributed by atoms with Crippen molar-refractivity contribution in [2.45, 2.75) is 10.6 Å². The topological polar surface area (TPSA) is 44.8 Å². The zero-order valence-corrected chi connectivity index (χ0v) is 15.3. The van der Waals surface area contributed by atoms with Crippen LogP contribution in [0.4, 0.5) is 0 Å². The number of thioether (sulfide) groups is 1. The Bertz CT molecular complexity index is 661. The van der Waals surface area contributed by atoms with Crippen LogP contribution in [0.3, 0.4) is 0 Å². The van der Waals surface area contributed by atoms with Crippen molar-refractivity contribution in [3.63, 3.8) is 0 Å². The standard InChI is InChI=1S/C17H17BrO4S/c1-20-11-22-15-9-8-14(18)13(16(15)17(19)21-2)10-23-12-6-4-3-5-7-12/h3-9H,10-11H2,1-2H3. The van der Waals surface area contributed by atoms with E-state index in [9.17, 15) is 4.79 Å². The fourth-order valence-corrected chi connectivity index (χ4v) is 3.60. The van der Waals surface area contributed by atoms with E-state index in [2.05, 4.69) is 15.9 Å². The van der Waals surface area contributed by atoms with Crippen LogP contribution in [0.2, 0.25) is 0 Å². The van der Waals surface area contributed by atoms with Gasteiger partial charge in [-0.3, -0.25) is 0 Å². The molecule has 23 heavy (non-hydrogen) atoms. The molecular formula is C17H17BrO4S. The number of rotatable bonds is 7. The number of ether oxygens (including phenoxy) is 3. The van der Waals surface area contributed by atoms with Gasteiger partial charge in [-0.15, -0.1) is 11.8 Å². The van der Waals surface area contributed by atoms with Crippen LogP contribution in [-0.2, 0) is 15.2 Å². The summed E-state index contributed by atoms with van der Waals surface area (Å²) in [6.07, 6.45) is 0. The maximum Gasteiger partial charge on any atom is 0.342 e. The third-order valence-electron chi connectivity index (χ3n) is 3.07. The summed E-state index contributed by atoms with van der Waals surface area (Å²) >= 11 is 5.15. The van der Waals surface area contributed by atoms with Crippen molar-refractivity contribution in [1.29, 1.82) is 0 Å². The van der Waals surface area contributed by atoms with Crippen molar-refractivity contribution >= 4 is 33.7 Å². The van der Waals surface area contributed by atoms with E-state index in [4.69, 9.17) is 14.2 Å². The van der Waals surface area contributed by atoms with Crippen molar-refractivity contribution in [3.8, 4) is 5.75 Å². The lowest BCUT2D eigenvalue weighted by molar-refractivity contribution is 0.0464. The van der Waals surface area contributed by atoms with Crippen LogP contribution in [0.15, 0.2) is 51.8 Å². The molecule has 0 amide bonds. The summed E-state index contributed by atoms with van der Waals surface area (Å²) in [5.41, 5.74) is 1.25. The van der Waals surface area contributed by atoms with Gasteiger partial charge in [-0.05, 0) is 29.8 Å². The number of carbonyl (C=O) groups is 1. The maximum absolute atomic E-state index is 12.2. The lowest BCUT2D eigenvalue weighted by atomic mass is 10.1. The molecule has 0 atom stereocenters. The maximum atomic E-state index is 12.2. The molecule has 0 aliphatic heterocycles. The Morgan fingerprint density at radius 1 is 1.13 bits per heavy atom. The highest BCUT2D eigenvalue weighted by Crippen LogP contribution is 2.34. The highest BCUT2D eigenvalue weighted by atomic mass is 79.9. The molecule has 2 aromatic rings. The lowest BCUT2D eigenvalue weighted by Crippen LogP contribution is -2.11. The summed E-state index contributed by atoms with van der Waals surface area (Å²) < 4.78 is 16.2. The van der Waals surface area contributed by atoms with E-state index in [1.165, 1.54) is 14.2 Å². The van der Waals surface area contributed by atoms with Crippen LogP contribution in [-0.4, -0.2) is 27.0 Å². The van der Waals surface area contributed by atoms with Gasteiger partial charge < -0.3 is 14.2 Å². The summed E-state index contributed by atoms with van der Waals surface area (Å²) in [6.45, 7) is 0.0664. The second-order valence-corrected chi connectivity index (χ2v) is 6.45. The van der Waals surface area contributed by atoms with Crippen molar-refractivity contribution < 1.29 is 19.0 Å². The van der Waals surface area contributed by atoms with E-state index in [0.717, 1.165) is 14.9 Å². The average Bonchev–Trinajstić information content (AvgIpc) is 2.59. The van der Waals surface area contributed by atoms with Crippen molar-refractivity contribution in [1.82, 2.24) is 0 Å². The van der Waals surface area contributed by atoms with Gasteiger partial charge in [0.15, 0.2) is 6.79 Å². The number of esters is 1. The van der Waals surface area contributed by atoms with Crippen LogP contribution < -0.4 is 4.74 Å². The summed E-state index contributed by atoms with van der Waals surface area (Å²) in [4.78, 5) is 13.3. The third-order valence-corrected chi connectivity index (χ3v) is 4.85. The van der Waals surface area contributed by atoms with E-state index < -0.39 is 5.97 Å². The molecule has 2 rings (SSSR count). The average molecular weight is 397 g/mol. The highest BCUT2D eigenvalue weighted by Gasteiger charge is 2.21. The number of methoxy groups -OCH3 is 2. The molecule has 4 nitrogen and oxygen atoms in total. The smallest absolute Gasteiger partial charge is 0.342 e. The summed E-state index contributed by atoms with van der Waals surface area (Å²) in [5.74, 6) is 0.630. The predicted octanol–water partition coefficient (Wildman–Crippen LogP) is 4.51. The Balaban J connectivity index is 2.33. The fourth-order valence-electron chi connectivity index (χ4n) is 1.98. The lowest BCUT2D eigenvalue weighted by Gasteiger charge is -2.15. The molecule has 2 aromatic carbocycles. The quantitative estimate of drug-likeness (QED) is 0.391. The first-order valence-electron chi connectivity index (χ1n) is 6.86. The van der Waals surface area contributed by atoms with Crippen molar-refractivity contribution in [3.05, 3.63) is 58.1 Å². The van der Waals surface area contributed by atoms with Gasteiger partial charge in [-0.25, -0.2) is 4.79 Å². The molecule has 0 saturated carbocycles. The molecule has 0 aliphatic carbocycles. The molecule has 0 unspecified atom stereocenters. The number of hydrogen-bond donors (Lipinski definition) is 0. The van der Waals surface area contributed by atoms with Gasteiger partial charge in [0.2, 0.25) is 0 Å². The molecule has 0 aliphatic rings. The molecule has 0 fully saturated rings. The van der Waals surface area contributed by atoms with E-state index in [1.54, 1.807) is 17.8 Å². The minimum absolute atomic E-state index is 0.0664. The predicted molar refractivity (Wildman–Crippen MR) is 94.0 cm³/mol. The van der Waals surface area contributed by atoms with E-state index in [-0.39, 0.29) is 6.79 Å². The van der Waals surface area contributed by atoms with Gasteiger partial charge in [0.25, 0.3) is 0 Å². The molecule has 0 N–H and O–H groups in total. The monoisotopic (exact) mass is 396 g/mol. The van der Waals surface area contributed by atoms with E-state index in [0.29, 0.717) is 17.1 Å². The largest absolute Gasteiger partial charge is 0.467 e. The molecule has 122 valence electrons. The van der Waals surface area contributed by atoms with Gasteiger partial charge >= 0.3 is 5.97 Å². The molecule has 0 bridgehead atoms. The molecule has 0 aromatic heterocycles. The molecule has 6 heteroatoms. The zero-order chi connectivity index (χ0) is 16.7. The third kappa shape index (κ3) is 4.73. The van der Waals surface area contributed by atoms with E-state index in [1.807, 2.05) is 36.4 Å². The van der Waals surface area contributed by atoms with E-state index >= 15 is 0 Å². The Morgan fingerprint density at radius 3 is 2.52 bits per heavy atom. The minimum Gasteiger partial charge on any atom is -0.467 e.